The van der Waals surface area contributed by atoms with Crippen LogP contribution in [-0.4, -0.2) is 36.5 Å². The van der Waals surface area contributed by atoms with Gasteiger partial charge in [-0.1, -0.05) is 12.1 Å². The van der Waals surface area contributed by atoms with Gasteiger partial charge < -0.3 is 20.1 Å². The van der Waals surface area contributed by atoms with E-state index in [0.29, 0.717) is 30.4 Å². The van der Waals surface area contributed by atoms with Crippen molar-refractivity contribution in [2.24, 2.45) is 0 Å². The van der Waals surface area contributed by atoms with Crippen molar-refractivity contribution in [3.05, 3.63) is 48.0 Å². The van der Waals surface area contributed by atoms with E-state index in [1.807, 2.05) is 45.0 Å². The molecule has 0 fully saturated rings. The molecule has 0 aliphatic heterocycles. The zero-order valence-electron chi connectivity index (χ0n) is 16.4. The molecule has 0 unspecified atom stereocenters. The second kappa shape index (κ2) is 11.2. The van der Waals surface area contributed by atoms with Crippen molar-refractivity contribution in [3.63, 3.8) is 0 Å². The summed E-state index contributed by atoms with van der Waals surface area (Å²) in [6.07, 6.45) is 0. The fourth-order valence-electron chi connectivity index (χ4n) is 2.49. The molecule has 2 aromatic carbocycles. The van der Waals surface area contributed by atoms with E-state index in [1.165, 1.54) is 11.8 Å². The van der Waals surface area contributed by atoms with Gasteiger partial charge in [0.05, 0.1) is 30.4 Å². The standard InChI is InChI=1S/C21H26N2O4S/c1-4-26-17-9-10-19(27-5-2)18(12-17)23-21(25)14-28-13-20(24)22-16-8-6-7-15(3)11-16/h6-12H,4-5,13-14H2,1-3H3,(H,22,24)(H,23,25). The number of benzene rings is 2. The Hall–Kier alpha value is -2.67. The maximum absolute atomic E-state index is 12.3. The van der Waals surface area contributed by atoms with Crippen LogP contribution in [0.25, 0.3) is 0 Å². The second-order valence-corrected chi connectivity index (χ2v) is 6.97. The molecule has 0 heterocycles. The van der Waals surface area contributed by atoms with Gasteiger partial charge in [-0.05, 0) is 50.6 Å². The van der Waals surface area contributed by atoms with E-state index in [1.54, 1.807) is 18.2 Å². The lowest BCUT2D eigenvalue weighted by atomic mass is 10.2. The Morgan fingerprint density at radius 3 is 2.32 bits per heavy atom. The summed E-state index contributed by atoms with van der Waals surface area (Å²) in [5.74, 6) is 1.25. The predicted molar refractivity (Wildman–Crippen MR) is 115 cm³/mol. The minimum atomic E-state index is -0.206. The van der Waals surface area contributed by atoms with E-state index in [2.05, 4.69) is 10.6 Å². The molecule has 0 bridgehead atoms. The third-order valence-corrected chi connectivity index (χ3v) is 4.54. The second-order valence-electron chi connectivity index (χ2n) is 5.98. The minimum Gasteiger partial charge on any atom is -0.494 e. The van der Waals surface area contributed by atoms with E-state index < -0.39 is 0 Å². The van der Waals surface area contributed by atoms with Crippen LogP contribution in [0.15, 0.2) is 42.5 Å². The number of hydrogen-bond acceptors (Lipinski definition) is 5. The van der Waals surface area contributed by atoms with Crippen LogP contribution in [0.5, 0.6) is 11.5 Å². The van der Waals surface area contributed by atoms with Crippen molar-refractivity contribution >= 4 is 35.0 Å². The van der Waals surface area contributed by atoms with E-state index in [0.717, 1.165) is 11.3 Å². The molecule has 0 aliphatic carbocycles. The molecule has 7 heteroatoms. The lowest BCUT2D eigenvalue weighted by molar-refractivity contribution is -0.114. The van der Waals surface area contributed by atoms with Gasteiger partial charge in [-0.25, -0.2) is 0 Å². The lowest BCUT2D eigenvalue weighted by Crippen LogP contribution is -2.19. The summed E-state index contributed by atoms with van der Waals surface area (Å²) in [6, 6.07) is 12.9. The Labute approximate surface area is 170 Å². The topological polar surface area (TPSA) is 76.7 Å². The summed E-state index contributed by atoms with van der Waals surface area (Å²) < 4.78 is 11.0. The number of anilines is 2. The average molecular weight is 403 g/mol. The van der Waals surface area contributed by atoms with Crippen LogP contribution < -0.4 is 20.1 Å². The largest absolute Gasteiger partial charge is 0.494 e. The number of thioether (sulfide) groups is 1. The first-order chi connectivity index (χ1) is 13.5. The Kier molecular flexibility index (Phi) is 8.68. The molecule has 0 saturated carbocycles. The molecule has 2 rings (SSSR count). The van der Waals surface area contributed by atoms with Gasteiger partial charge in [0.2, 0.25) is 11.8 Å². The number of ether oxygens (including phenoxy) is 2. The predicted octanol–water partition coefficient (Wildman–Crippen LogP) is 4.10. The third kappa shape index (κ3) is 7.15. The van der Waals surface area contributed by atoms with Crippen molar-refractivity contribution in [1.29, 1.82) is 0 Å². The first-order valence-electron chi connectivity index (χ1n) is 9.15. The number of rotatable bonds is 10. The number of amides is 2. The van der Waals surface area contributed by atoms with Crippen LogP contribution in [0, 0.1) is 6.92 Å². The maximum atomic E-state index is 12.3. The highest BCUT2D eigenvalue weighted by Crippen LogP contribution is 2.29. The van der Waals surface area contributed by atoms with Crippen molar-refractivity contribution in [3.8, 4) is 11.5 Å². The molecule has 0 aromatic heterocycles. The van der Waals surface area contributed by atoms with Gasteiger partial charge in [-0.2, -0.15) is 0 Å². The molecule has 0 aliphatic rings. The van der Waals surface area contributed by atoms with Crippen molar-refractivity contribution < 1.29 is 19.1 Å². The summed E-state index contributed by atoms with van der Waals surface area (Å²) in [4.78, 5) is 24.3. The van der Waals surface area contributed by atoms with Crippen LogP contribution in [0.2, 0.25) is 0 Å². The molecule has 150 valence electrons. The SMILES string of the molecule is CCOc1ccc(OCC)c(NC(=O)CSCC(=O)Nc2cccc(C)c2)c1. The Morgan fingerprint density at radius 2 is 1.64 bits per heavy atom. The van der Waals surface area contributed by atoms with Crippen LogP contribution in [0.4, 0.5) is 11.4 Å². The van der Waals surface area contributed by atoms with Crippen molar-refractivity contribution in [2.75, 3.05) is 35.4 Å². The molecular weight excluding hydrogens is 376 g/mol. The Morgan fingerprint density at radius 1 is 0.929 bits per heavy atom. The van der Waals surface area contributed by atoms with Gasteiger partial charge >= 0.3 is 0 Å². The molecule has 0 spiro atoms. The third-order valence-electron chi connectivity index (χ3n) is 3.60. The quantitative estimate of drug-likeness (QED) is 0.626. The summed E-state index contributed by atoms with van der Waals surface area (Å²) in [5, 5.41) is 5.65. The number of carbonyl (C=O) groups excluding carboxylic acids is 2. The summed E-state index contributed by atoms with van der Waals surface area (Å²) in [5.41, 5.74) is 2.39. The van der Waals surface area contributed by atoms with Crippen LogP contribution in [-0.2, 0) is 9.59 Å². The van der Waals surface area contributed by atoms with Crippen molar-refractivity contribution in [1.82, 2.24) is 0 Å². The summed E-state index contributed by atoms with van der Waals surface area (Å²) in [7, 11) is 0. The fraction of sp³-hybridized carbons (Fsp3) is 0.333. The first kappa shape index (κ1) is 21.6. The summed E-state index contributed by atoms with van der Waals surface area (Å²) >= 11 is 1.25. The fourth-order valence-corrected chi connectivity index (χ4v) is 3.10. The van der Waals surface area contributed by atoms with Crippen molar-refractivity contribution in [2.45, 2.75) is 20.8 Å². The Balaban J connectivity index is 1.84. The molecule has 0 atom stereocenters. The van der Waals surface area contributed by atoms with Gasteiger partial charge in [0, 0.05) is 11.8 Å². The van der Waals surface area contributed by atoms with Gasteiger partial charge in [0.25, 0.3) is 0 Å². The average Bonchev–Trinajstić information content (AvgIpc) is 2.64. The number of aryl methyl sites for hydroxylation is 1. The molecule has 6 nitrogen and oxygen atoms in total. The number of carbonyl (C=O) groups is 2. The van der Waals surface area contributed by atoms with Gasteiger partial charge in [-0.3, -0.25) is 9.59 Å². The molecule has 0 saturated heterocycles. The molecule has 0 radical (unpaired) electrons. The van der Waals surface area contributed by atoms with Gasteiger partial charge in [0.1, 0.15) is 11.5 Å². The highest BCUT2D eigenvalue weighted by atomic mass is 32.2. The number of nitrogens with one attached hydrogen (secondary N) is 2. The van der Waals surface area contributed by atoms with E-state index in [9.17, 15) is 9.59 Å². The van der Waals surface area contributed by atoms with E-state index >= 15 is 0 Å². The summed E-state index contributed by atoms with van der Waals surface area (Å²) in [6.45, 7) is 6.77. The van der Waals surface area contributed by atoms with Gasteiger partial charge in [0.15, 0.2) is 0 Å². The lowest BCUT2D eigenvalue weighted by Gasteiger charge is -2.13. The zero-order chi connectivity index (χ0) is 20.4. The monoisotopic (exact) mass is 402 g/mol. The highest BCUT2D eigenvalue weighted by Gasteiger charge is 2.11. The molecular formula is C21H26N2O4S. The minimum absolute atomic E-state index is 0.142. The maximum Gasteiger partial charge on any atom is 0.234 e. The smallest absolute Gasteiger partial charge is 0.234 e. The zero-order valence-corrected chi connectivity index (χ0v) is 17.2. The number of hydrogen-bond donors (Lipinski definition) is 2. The Bertz CT molecular complexity index is 811. The highest BCUT2D eigenvalue weighted by molar-refractivity contribution is 8.00. The van der Waals surface area contributed by atoms with Gasteiger partial charge in [-0.15, -0.1) is 11.8 Å². The normalized spacial score (nSPS) is 10.2. The molecule has 2 N–H and O–H groups in total. The molecule has 2 aromatic rings. The van der Waals surface area contributed by atoms with Crippen LogP contribution >= 0.6 is 11.8 Å². The van der Waals surface area contributed by atoms with Crippen LogP contribution in [0.3, 0.4) is 0 Å². The first-order valence-corrected chi connectivity index (χ1v) is 10.3. The van der Waals surface area contributed by atoms with E-state index in [-0.39, 0.29) is 23.3 Å². The van der Waals surface area contributed by atoms with Crippen LogP contribution in [0.1, 0.15) is 19.4 Å². The molecule has 2 amide bonds. The van der Waals surface area contributed by atoms with E-state index in [4.69, 9.17) is 9.47 Å². The molecule has 28 heavy (non-hydrogen) atoms.